The molecule has 0 atom stereocenters. The van der Waals surface area contributed by atoms with Crippen LogP contribution in [0.2, 0.25) is 0 Å². The molecule has 3 aromatic rings. The minimum Gasteiger partial charge on any atom is -0.313 e. The highest BCUT2D eigenvalue weighted by molar-refractivity contribution is 9.10. The fraction of sp³-hybridized carbons (Fsp3) is 0.250. The normalized spacial score (nSPS) is 11.1. The number of rotatable bonds is 6. The Morgan fingerprint density at radius 3 is 2.95 bits per heavy atom. The second-order valence-corrected chi connectivity index (χ2v) is 5.76. The number of aromatic nitrogens is 3. The van der Waals surface area contributed by atoms with Crippen molar-refractivity contribution >= 4 is 26.8 Å². The minimum absolute atomic E-state index is 0.833. The highest BCUT2D eigenvalue weighted by Crippen LogP contribution is 2.24. The molecule has 0 amide bonds. The van der Waals surface area contributed by atoms with Gasteiger partial charge >= 0.3 is 0 Å². The Bertz CT molecular complexity index is 709. The molecule has 0 saturated heterocycles. The molecule has 0 aliphatic rings. The number of benzene rings is 1. The molecule has 0 saturated carbocycles. The smallest absolute Gasteiger partial charge is 0.0758 e. The van der Waals surface area contributed by atoms with Crippen LogP contribution in [0.3, 0.4) is 0 Å². The van der Waals surface area contributed by atoms with Gasteiger partial charge in [-0.25, -0.2) is 0 Å². The molecule has 21 heavy (non-hydrogen) atoms. The van der Waals surface area contributed by atoms with Crippen LogP contribution in [-0.2, 0) is 13.1 Å². The fourth-order valence-corrected chi connectivity index (χ4v) is 2.81. The molecule has 1 N–H and O–H groups in total. The van der Waals surface area contributed by atoms with Gasteiger partial charge in [0.15, 0.2) is 0 Å². The van der Waals surface area contributed by atoms with E-state index >= 15 is 0 Å². The average molecular weight is 345 g/mol. The van der Waals surface area contributed by atoms with E-state index in [0.717, 1.165) is 41.4 Å². The molecule has 0 unspecified atom stereocenters. The molecule has 4 nitrogen and oxygen atoms in total. The Kier molecular flexibility index (Phi) is 4.62. The van der Waals surface area contributed by atoms with Crippen LogP contribution in [0, 0.1) is 0 Å². The number of halogens is 1. The van der Waals surface area contributed by atoms with Gasteiger partial charge in [0.05, 0.1) is 5.52 Å². The summed E-state index contributed by atoms with van der Waals surface area (Å²) in [6.07, 6.45) is 6.71. The maximum absolute atomic E-state index is 4.50. The number of hydrogen-bond donors (Lipinski definition) is 1. The maximum atomic E-state index is 4.50. The second-order valence-electron chi connectivity index (χ2n) is 4.91. The fourth-order valence-electron chi connectivity index (χ4n) is 2.36. The standard InChI is InChI=1S/C16H17BrN4/c17-15-6-5-13(16-14(15)4-1-8-19-16)12-18-7-2-10-21-11-3-9-20-21/h1,3-6,8-9,11,18H,2,7,10,12H2. The summed E-state index contributed by atoms with van der Waals surface area (Å²) in [4.78, 5) is 4.50. The predicted molar refractivity (Wildman–Crippen MR) is 88.0 cm³/mol. The molecule has 2 aromatic heterocycles. The van der Waals surface area contributed by atoms with E-state index in [-0.39, 0.29) is 0 Å². The number of hydrogen-bond acceptors (Lipinski definition) is 3. The summed E-state index contributed by atoms with van der Waals surface area (Å²) in [6.45, 7) is 2.74. The molecule has 0 spiro atoms. The maximum Gasteiger partial charge on any atom is 0.0758 e. The first-order chi connectivity index (χ1) is 10.3. The van der Waals surface area contributed by atoms with Gasteiger partial charge in [-0.2, -0.15) is 5.10 Å². The zero-order valence-corrected chi connectivity index (χ0v) is 13.3. The van der Waals surface area contributed by atoms with Gasteiger partial charge in [-0.05, 0) is 36.7 Å². The molecule has 0 radical (unpaired) electrons. The Morgan fingerprint density at radius 1 is 1.14 bits per heavy atom. The molecule has 108 valence electrons. The van der Waals surface area contributed by atoms with E-state index in [1.54, 1.807) is 0 Å². The Hall–Kier alpha value is -1.72. The zero-order chi connectivity index (χ0) is 14.5. The summed E-state index contributed by atoms with van der Waals surface area (Å²) in [5, 5.41) is 8.84. The molecule has 0 aliphatic carbocycles. The summed E-state index contributed by atoms with van der Waals surface area (Å²) in [5.74, 6) is 0. The van der Waals surface area contributed by atoms with E-state index in [1.807, 2.05) is 35.4 Å². The molecule has 1 aromatic carbocycles. The van der Waals surface area contributed by atoms with Gasteiger partial charge in [-0.1, -0.05) is 28.1 Å². The average Bonchev–Trinajstić information content (AvgIpc) is 3.03. The molecule has 0 fully saturated rings. The number of fused-ring (bicyclic) bond motifs is 1. The molecule has 3 rings (SSSR count). The summed E-state index contributed by atoms with van der Waals surface area (Å²) in [5.41, 5.74) is 2.29. The van der Waals surface area contributed by atoms with Gasteiger partial charge in [0.25, 0.3) is 0 Å². The predicted octanol–water partition coefficient (Wildman–Crippen LogP) is 3.37. The number of nitrogens with zero attached hydrogens (tertiary/aromatic N) is 3. The zero-order valence-electron chi connectivity index (χ0n) is 11.7. The third-order valence-electron chi connectivity index (χ3n) is 3.42. The summed E-state index contributed by atoms with van der Waals surface area (Å²) < 4.78 is 3.05. The first kappa shape index (κ1) is 14.2. The van der Waals surface area contributed by atoms with Crippen LogP contribution in [0.5, 0.6) is 0 Å². The summed E-state index contributed by atoms with van der Waals surface area (Å²) in [6, 6.07) is 10.2. The summed E-state index contributed by atoms with van der Waals surface area (Å²) in [7, 11) is 0. The Labute approximate surface area is 132 Å². The Morgan fingerprint density at radius 2 is 2.10 bits per heavy atom. The number of nitrogens with one attached hydrogen (secondary N) is 1. The monoisotopic (exact) mass is 344 g/mol. The van der Waals surface area contributed by atoms with Crippen molar-refractivity contribution in [2.75, 3.05) is 6.54 Å². The van der Waals surface area contributed by atoms with Crippen molar-refractivity contribution in [3.63, 3.8) is 0 Å². The molecule has 0 aliphatic heterocycles. The number of pyridine rings is 1. The van der Waals surface area contributed by atoms with Gasteiger partial charge in [0, 0.05) is 41.5 Å². The molecular weight excluding hydrogens is 328 g/mol. The van der Waals surface area contributed by atoms with Crippen LogP contribution in [-0.4, -0.2) is 21.3 Å². The van der Waals surface area contributed by atoms with Gasteiger partial charge in [0.2, 0.25) is 0 Å². The van der Waals surface area contributed by atoms with Gasteiger partial charge in [-0.15, -0.1) is 0 Å². The van der Waals surface area contributed by atoms with Gasteiger partial charge < -0.3 is 5.32 Å². The van der Waals surface area contributed by atoms with Crippen LogP contribution in [0.4, 0.5) is 0 Å². The second kappa shape index (κ2) is 6.83. The lowest BCUT2D eigenvalue weighted by atomic mass is 10.1. The summed E-state index contributed by atoms with van der Waals surface area (Å²) >= 11 is 3.58. The molecule has 5 heteroatoms. The van der Waals surface area contributed by atoms with Crippen LogP contribution >= 0.6 is 15.9 Å². The topological polar surface area (TPSA) is 42.7 Å². The van der Waals surface area contributed by atoms with E-state index in [0.29, 0.717) is 0 Å². The number of aryl methyl sites for hydroxylation is 1. The van der Waals surface area contributed by atoms with E-state index in [9.17, 15) is 0 Å². The highest BCUT2D eigenvalue weighted by atomic mass is 79.9. The van der Waals surface area contributed by atoms with Crippen molar-refractivity contribution in [2.45, 2.75) is 19.5 Å². The van der Waals surface area contributed by atoms with Crippen LogP contribution in [0.15, 0.2) is 53.4 Å². The lowest BCUT2D eigenvalue weighted by molar-refractivity contribution is 0.544. The van der Waals surface area contributed by atoms with Crippen molar-refractivity contribution in [3.05, 3.63) is 59.0 Å². The first-order valence-corrected chi connectivity index (χ1v) is 7.84. The first-order valence-electron chi connectivity index (χ1n) is 7.05. The minimum atomic E-state index is 0.833. The molecule has 2 heterocycles. The van der Waals surface area contributed by atoms with Crippen LogP contribution in [0.1, 0.15) is 12.0 Å². The van der Waals surface area contributed by atoms with E-state index in [4.69, 9.17) is 0 Å². The SMILES string of the molecule is Brc1ccc(CNCCCn2cccn2)c2ncccc12. The lowest BCUT2D eigenvalue weighted by Gasteiger charge is -2.09. The van der Waals surface area contributed by atoms with Crippen molar-refractivity contribution in [1.29, 1.82) is 0 Å². The molecule has 0 bridgehead atoms. The van der Waals surface area contributed by atoms with Gasteiger partial charge in [0.1, 0.15) is 0 Å². The van der Waals surface area contributed by atoms with E-state index in [1.165, 1.54) is 5.56 Å². The van der Waals surface area contributed by atoms with Crippen molar-refractivity contribution in [3.8, 4) is 0 Å². The van der Waals surface area contributed by atoms with Crippen LogP contribution in [0.25, 0.3) is 10.9 Å². The molecular formula is C16H17BrN4. The third kappa shape index (κ3) is 3.49. The highest BCUT2D eigenvalue weighted by Gasteiger charge is 2.04. The third-order valence-corrected chi connectivity index (χ3v) is 4.11. The lowest BCUT2D eigenvalue weighted by Crippen LogP contribution is -2.17. The van der Waals surface area contributed by atoms with Crippen LogP contribution < -0.4 is 5.32 Å². The largest absolute Gasteiger partial charge is 0.313 e. The quantitative estimate of drug-likeness (QED) is 0.697. The van der Waals surface area contributed by atoms with E-state index in [2.05, 4.69) is 49.5 Å². The van der Waals surface area contributed by atoms with Crippen molar-refractivity contribution in [1.82, 2.24) is 20.1 Å². The van der Waals surface area contributed by atoms with Gasteiger partial charge in [-0.3, -0.25) is 9.67 Å². The van der Waals surface area contributed by atoms with Crippen molar-refractivity contribution < 1.29 is 0 Å². The van der Waals surface area contributed by atoms with E-state index < -0.39 is 0 Å². The van der Waals surface area contributed by atoms with Crippen molar-refractivity contribution in [2.24, 2.45) is 0 Å². The Balaban J connectivity index is 1.57.